The van der Waals surface area contributed by atoms with Gasteiger partial charge in [-0.1, -0.05) is 19.0 Å². The number of nitrogens with one attached hydrogen (secondary N) is 1. The number of hydrogen-bond acceptors (Lipinski definition) is 6. The van der Waals surface area contributed by atoms with E-state index in [4.69, 9.17) is 26.3 Å². The maximum absolute atomic E-state index is 9.09. The first-order chi connectivity index (χ1) is 7.87. The minimum atomic E-state index is -1.10. The molecule has 0 saturated heterocycles. The number of oxime groups is 1. The first kappa shape index (κ1) is 16.1. The van der Waals surface area contributed by atoms with Gasteiger partial charge in [-0.15, -0.1) is 0 Å². The van der Waals surface area contributed by atoms with Crippen molar-refractivity contribution < 1.29 is 20.5 Å². The minimum Gasteiger partial charge on any atom is -0.409 e. The first-order valence-corrected chi connectivity index (χ1v) is 5.43. The van der Waals surface area contributed by atoms with Crippen LogP contribution in [0, 0.1) is 5.41 Å². The van der Waals surface area contributed by atoms with Crippen LogP contribution in [-0.2, 0) is 0 Å². The van der Waals surface area contributed by atoms with Crippen molar-refractivity contribution in [2.75, 3.05) is 26.4 Å². The molecule has 0 saturated carbocycles. The molecule has 0 atom stereocenters. The van der Waals surface area contributed by atoms with E-state index >= 15 is 0 Å². The predicted molar refractivity (Wildman–Crippen MR) is 63.8 cm³/mol. The van der Waals surface area contributed by atoms with Gasteiger partial charge in [0.1, 0.15) is 5.84 Å². The van der Waals surface area contributed by atoms with Crippen LogP contribution in [0.2, 0.25) is 0 Å². The van der Waals surface area contributed by atoms with Gasteiger partial charge < -0.3 is 31.6 Å². The number of nitrogens with zero attached hydrogens (tertiary/aromatic N) is 1. The van der Waals surface area contributed by atoms with Gasteiger partial charge in [-0.2, -0.15) is 0 Å². The Kier molecular flexibility index (Phi) is 6.40. The van der Waals surface area contributed by atoms with Gasteiger partial charge in [0, 0.05) is 5.41 Å². The van der Waals surface area contributed by atoms with Gasteiger partial charge in [-0.3, -0.25) is 0 Å². The highest BCUT2D eigenvalue weighted by atomic mass is 16.4. The Morgan fingerprint density at radius 3 is 2.00 bits per heavy atom. The van der Waals surface area contributed by atoms with Gasteiger partial charge in [-0.25, -0.2) is 0 Å². The Bertz CT molecular complexity index is 244. The normalized spacial score (nSPS) is 14.1. The summed E-state index contributed by atoms with van der Waals surface area (Å²) < 4.78 is 0. The van der Waals surface area contributed by atoms with Crippen molar-refractivity contribution in [2.45, 2.75) is 25.8 Å². The van der Waals surface area contributed by atoms with Crippen LogP contribution in [0.15, 0.2) is 5.16 Å². The molecule has 0 aliphatic rings. The third kappa shape index (κ3) is 4.47. The van der Waals surface area contributed by atoms with Crippen LogP contribution in [0.4, 0.5) is 0 Å². The van der Waals surface area contributed by atoms with E-state index in [1.165, 1.54) is 0 Å². The monoisotopic (exact) mass is 249 g/mol. The molecule has 0 unspecified atom stereocenters. The lowest BCUT2D eigenvalue weighted by Crippen LogP contribution is -2.55. The van der Waals surface area contributed by atoms with Crippen molar-refractivity contribution >= 4 is 5.84 Å². The third-order valence-corrected chi connectivity index (χ3v) is 2.96. The zero-order valence-corrected chi connectivity index (χ0v) is 10.3. The molecular formula is C10H23N3O4. The molecule has 0 aliphatic carbocycles. The molecule has 0 fully saturated rings. The van der Waals surface area contributed by atoms with Gasteiger partial charge in [0.15, 0.2) is 0 Å². The van der Waals surface area contributed by atoms with E-state index in [0.29, 0.717) is 13.0 Å². The Hall–Kier alpha value is -0.890. The Morgan fingerprint density at radius 2 is 1.65 bits per heavy atom. The fourth-order valence-corrected chi connectivity index (χ4v) is 1.22. The highest BCUT2D eigenvalue weighted by molar-refractivity contribution is 5.85. The molecule has 0 spiro atoms. The molecule has 17 heavy (non-hydrogen) atoms. The van der Waals surface area contributed by atoms with Crippen LogP contribution in [0.3, 0.4) is 0 Å². The minimum absolute atomic E-state index is 0.113. The van der Waals surface area contributed by atoms with Crippen molar-refractivity contribution in [1.29, 1.82) is 0 Å². The van der Waals surface area contributed by atoms with Crippen molar-refractivity contribution in [2.24, 2.45) is 16.3 Å². The molecule has 0 aliphatic heterocycles. The lowest BCUT2D eigenvalue weighted by atomic mass is 9.87. The SMILES string of the molecule is CC(C)(CCNC(CO)(CO)CO)C(N)=NO. The number of aliphatic hydroxyl groups excluding tert-OH is 3. The summed E-state index contributed by atoms with van der Waals surface area (Å²) in [5, 5.41) is 41.7. The predicted octanol–water partition coefficient (Wildman–Crippen LogP) is -1.55. The standard InChI is InChI=1S/C10H23N3O4/c1-9(2,8(11)13-17)3-4-12-10(5-14,6-15)7-16/h12,14-17H,3-7H2,1-2H3,(H2,11,13). The van der Waals surface area contributed by atoms with Gasteiger partial charge in [0.05, 0.1) is 25.4 Å². The van der Waals surface area contributed by atoms with Crippen molar-refractivity contribution in [1.82, 2.24) is 5.32 Å². The number of nitrogens with two attached hydrogens (primary N) is 1. The molecule has 0 heterocycles. The highest BCUT2D eigenvalue weighted by Gasteiger charge is 2.29. The summed E-state index contributed by atoms with van der Waals surface area (Å²) in [5.74, 6) is 0.113. The first-order valence-electron chi connectivity index (χ1n) is 5.43. The fourth-order valence-electron chi connectivity index (χ4n) is 1.22. The molecule has 0 aromatic heterocycles. The van der Waals surface area contributed by atoms with Crippen LogP contribution in [0.25, 0.3) is 0 Å². The number of aliphatic hydroxyl groups is 3. The second-order valence-corrected chi connectivity index (χ2v) is 4.80. The quantitative estimate of drug-likeness (QED) is 0.134. The lowest BCUT2D eigenvalue weighted by molar-refractivity contribution is 0.0415. The highest BCUT2D eigenvalue weighted by Crippen LogP contribution is 2.20. The molecule has 0 bridgehead atoms. The Morgan fingerprint density at radius 1 is 1.18 bits per heavy atom. The van der Waals surface area contributed by atoms with E-state index in [2.05, 4.69) is 10.5 Å². The topological polar surface area (TPSA) is 131 Å². The molecule has 0 rings (SSSR count). The average molecular weight is 249 g/mol. The fraction of sp³-hybridized carbons (Fsp3) is 0.900. The van der Waals surface area contributed by atoms with Gasteiger partial charge in [0.2, 0.25) is 0 Å². The van der Waals surface area contributed by atoms with E-state index in [1.54, 1.807) is 0 Å². The largest absolute Gasteiger partial charge is 0.409 e. The molecule has 0 aromatic carbocycles. The average Bonchev–Trinajstić information content (AvgIpc) is 2.34. The van der Waals surface area contributed by atoms with Crippen molar-refractivity contribution in [3.8, 4) is 0 Å². The maximum atomic E-state index is 9.09. The third-order valence-electron chi connectivity index (χ3n) is 2.96. The summed E-state index contributed by atoms with van der Waals surface area (Å²) in [6.45, 7) is 2.91. The lowest BCUT2D eigenvalue weighted by Gasteiger charge is -2.31. The Balaban J connectivity index is 4.31. The molecule has 102 valence electrons. The van der Waals surface area contributed by atoms with Crippen LogP contribution in [-0.4, -0.2) is 58.3 Å². The molecule has 7 N–H and O–H groups in total. The summed E-state index contributed by atoms with van der Waals surface area (Å²) in [4.78, 5) is 0. The van der Waals surface area contributed by atoms with Crippen molar-refractivity contribution in [3.63, 3.8) is 0 Å². The molecular weight excluding hydrogens is 226 g/mol. The van der Waals surface area contributed by atoms with Gasteiger partial charge in [-0.05, 0) is 13.0 Å². The summed E-state index contributed by atoms with van der Waals surface area (Å²) in [5.41, 5.74) is 3.92. The molecule has 7 nitrogen and oxygen atoms in total. The number of hydrogen-bond donors (Lipinski definition) is 6. The summed E-state index contributed by atoms with van der Waals surface area (Å²) in [7, 11) is 0. The van der Waals surface area contributed by atoms with E-state index in [1.807, 2.05) is 13.8 Å². The summed E-state index contributed by atoms with van der Waals surface area (Å²) >= 11 is 0. The number of rotatable bonds is 8. The van der Waals surface area contributed by atoms with E-state index in [0.717, 1.165) is 0 Å². The summed E-state index contributed by atoms with van der Waals surface area (Å²) in [6, 6.07) is 0. The Labute approximate surface area is 101 Å². The van der Waals surface area contributed by atoms with E-state index in [-0.39, 0.29) is 25.7 Å². The van der Waals surface area contributed by atoms with Gasteiger partial charge in [0.25, 0.3) is 0 Å². The zero-order chi connectivity index (χ0) is 13.5. The summed E-state index contributed by atoms with van der Waals surface area (Å²) in [6.07, 6.45) is 0.532. The zero-order valence-electron chi connectivity index (χ0n) is 10.3. The maximum Gasteiger partial charge on any atom is 0.144 e. The smallest absolute Gasteiger partial charge is 0.144 e. The second kappa shape index (κ2) is 6.75. The van der Waals surface area contributed by atoms with Crippen LogP contribution < -0.4 is 11.1 Å². The van der Waals surface area contributed by atoms with Crippen LogP contribution in [0.5, 0.6) is 0 Å². The second-order valence-electron chi connectivity index (χ2n) is 4.80. The van der Waals surface area contributed by atoms with Gasteiger partial charge >= 0.3 is 0 Å². The van der Waals surface area contributed by atoms with Crippen molar-refractivity contribution in [3.05, 3.63) is 0 Å². The molecule has 0 radical (unpaired) electrons. The molecule has 7 heteroatoms. The molecule has 0 aromatic rings. The van der Waals surface area contributed by atoms with E-state index in [9.17, 15) is 0 Å². The molecule has 0 amide bonds. The van der Waals surface area contributed by atoms with Crippen LogP contribution in [0.1, 0.15) is 20.3 Å². The van der Waals surface area contributed by atoms with Crippen LogP contribution >= 0.6 is 0 Å². The van der Waals surface area contributed by atoms with E-state index < -0.39 is 11.0 Å². The number of amidine groups is 1.